The second kappa shape index (κ2) is 6.80. The van der Waals surface area contributed by atoms with Gasteiger partial charge in [-0.2, -0.15) is 0 Å². The van der Waals surface area contributed by atoms with E-state index in [1.807, 2.05) is 24.3 Å². The lowest BCUT2D eigenvalue weighted by Crippen LogP contribution is -2.45. The molecule has 0 aliphatic carbocycles. The minimum Gasteiger partial charge on any atom is -0.485 e. The Morgan fingerprint density at radius 1 is 1.29 bits per heavy atom. The average molecular weight is 290 g/mol. The van der Waals surface area contributed by atoms with E-state index in [2.05, 4.69) is 10.6 Å². The van der Waals surface area contributed by atoms with Crippen LogP contribution in [0.1, 0.15) is 25.7 Å². The second-order valence-corrected chi connectivity index (χ2v) is 5.59. The van der Waals surface area contributed by atoms with Crippen LogP contribution in [0.5, 0.6) is 11.5 Å². The van der Waals surface area contributed by atoms with Crippen molar-refractivity contribution in [3.63, 3.8) is 0 Å². The highest BCUT2D eigenvalue weighted by Crippen LogP contribution is 2.30. The van der Waals surface area contributed by atoms with Crippen LogP contribution in [0.2, 0.25) is 0 Å². The van der Waals surface area contributed by atoms with Crippen molar-refractivity contribution in [2.24, 2.45) is 0 Å². The number of fused-ring (bicyclic) bond motifs is 1. The number of hydrogen-bond acceptors (Lipinski definition) is 4. The molecule has 0 aromatic heterocycles. The van der Waals surface area contributed by atoms with Crippen molar-refractivity contribution in [3.05, 3.63) is 24.3 Å². The molecule has 0 radical (unpaired) electrons. The molecular weight excluding hydrogens is 268 g/mol. The molecule has 3 rings (SSSR count). The Bertz CT molecular complexity index is 486. The van der Waals surface area contributed by atoms with Crippen molar-refractivity contribution in [1.29, 1.82) is 0 Å². The molecule has 2 atom stereocenters. The number of nitrogens with one attached hydrogen (secondary N) is 2. The Morgan fingerprint density at radius 2 is 2.14 bits per heavy atom. The first-order valence-corrected chi connectivity index (χ1v) is 7.72. The largest absolute Gasteiger partial charge is 0.485 e. The van der Waals surface area contributed by atoms with Crippen LogP contribution in [-0.4, -0.2) is 37.7 Å². The summed E-state index contributed by atoms with van der Waals surface area (Å²) in [6, 6.07) is 7.96. The molecule has 5 nitrogen and oxygen atoms in total. The quantitative estimate of drug-likeness (QED) is 0.882. The summed E-state index contributed by atoms with van der Waals surface area (Å²) in [5.74, 6) is 1.24. The Morgan fingerprint density at radius 3 is 2.95 bits per heavy atom. The molecule has 0 bridgehead atoms. The van der Waals surface area contributed by atoms with E-state index in [1.165, 1.54) is 19.3 Å². The highest BCUT2D eigenvalue weighted by Gasteiger charge is 2.27. The number of piperidine rings is 1. The molecule has 1 aromatic rings. The average Bonchev–Trinajstić information content (AvgIpc) is 2.55. The first-order chi connectivity index (χ1) is 10.3. The van der Waals surface area contributed by atoms with Gasteiger partial charge < -0.3 is 20.1 Å². The predicted molar refractivity (Wildman–Crippen MR) is 79.6 cm³/mol. The molecule has 0 saturated carbocycles. The first-order valence-electron chi connectivity index (χ1n) is 7.72. The van der Waals surface area contributed by atoms with E-state index in [1.54, 1.807) is 0 Å². The van der Waals surface area contributed by atoms with Crippen LogP contribution in [0.15, 0.2) is 24.3 Å². The summed E-state index contributed by atoms with van der Waals surface area (Å²) in [6.45, 7) is 2.04. The summed E-state index contributed by atoms with van der Waals surface area (Å²) < 4.78 is 11.2. The fourth-order valence-electron chi connectivity index (χ4n) is 2.80. The van der Waals surface area contributed by atoms with Crippen LogP contribution in [0.25, 0.3) is 0 Å². The SMILES string of the molecule is O=C(NCCC1CCCCN1)C1COc2ccccc2O1. The minimum atomic E-state index is -0.556. The fourth-order valence-corrected chi connectivity index (χ4v) is 2.80. The zero-order valence-electron chi connectivity index (χ0n) is 12.1. The molecule has 21 heavy (non-hydrogen) atoms. The molecule has 2 aliphatic heterocycles. The molecule has 1 amide bonds. The highest BCUT2D eigenvalue weighted by molar-refractivity contribution is 5.81. The van der Waals surface area contributed by atoms with Gasteiger partial charge in [0.05, 0.1) is 0 Å². The van der Waals surface area contributed by atoms with Gasteiger partial charge >= 0.3 is 0 Å². The standard InChI is InChI=1S/C16H22N2O3/c19-16(18-10-8-12-5-3-4-9-17-12)15-11-20-13-6-1-2-7-14(13)21-15/h1-2,6-7,12,15,17H,3-5,8-11H2,(H,18,19). The van der Waals surface area contributed by atoms with Crippen LogP contribution < -0.4 is 20.1 Å². The molecular formula is C16H22N2O3. The number of hydrogen-bond donors (Lipinski definition) is 2. The van der Waals surface area contributed by atoms with Gasteiger partial charge in [0.25, 0.3) is 5.91 Å². The molecule has 2 aliphatic rings. The number of rotatable bonds is 4. The number of amides is 1. The van der Waals surface area contributed by atoms with Crippen molar-refractivity contribution in [3.8, 4) is 11.5 Å². The molecule has 0 spiro atoms. The van der Waals surface area contributed by atoms with Gasteiger partial charge in [0, 0.05) is 12.6 Å². The Kier molecular flexibility index (Phi) is 4.60. The van der Waals surface area contributed by atoms with Gasteiger partial charge in [0.2, 0.25) is 6.10 Å². The van der Waals surface area contributed by atoms with E-state index in [9.17, 15) is 4.79 Å². The second-order valence-electron chi connectivity index (χ2n) is 5.59. The van der Waals surface area contributed by atoms with E-state index in [0.29, 0.717) is 24.1 Å². The summed E-state index contributed by atoms with van der Waals surface area (Å²) in [6.07, 6.45) is 4.15. The van der Waals surface area contributed by atoms with Crippen molar-refractivity contribution in [2.45, 2.75) is 37.8 Å². The molecule has 5 heteroatoms. The van der Waals surface area contributed by atoms with Gasteiger partial charge in [-0.05, 0) is 37.9 Å². The number of ether oxygens (including phenoxy) is 2. The third kappa shape index (κ3) is 3.67. The topological polar surface area (TPSA) is 59.6 Å². The Labute approximate surface area is 125 Å². The number of carbonyl (C=O) groups excluding carboxylic acids is 1. The van der Waals surface area contributed by atoms with Crippen LogP contribution in [-0.2, 0) is 4.79 Å². The van der Waals surface area contributed by atoms with Gasteiger partial charge in [-0.1, -0.05) is 18.6 Å². The molecule has 2 N–H and O–H groups in total. The van der Waals surface area contributed by atoms with Crippen LogP contribution in [0.4, 0.5) is 0 Å². The Hall–Kier alpha value is -1.75. The van der Waals surface area contributed by atoms with Crippen molar-refractivity contribution in [2.75, 3.05) is 19.7 Å². The monoisotopic (exact) mass is 290 g/mol. The van der Waals surface area contributed by atoms with E-state index < -0.39 is 6.10 Å². The lowest BCUT2D eigenvalue weighted by Gasteiger charge is -2.26. The fraction of sp³-hybridized carbons (Fsp3) is 0.562. The van der Waals surface area contributed by atoms with Crippen molar-refractivity contribution < 1.29 is 14.3 Å². The van der Waals surface area contributed by atoms with E-state index in [0.717, 1.165) is 13.0 Å². The van der Waals surface area contributed by atoms with Crippen molar-refractivity contribution >= 4 is 5.91 Å². The van der Waals surface area contributed by atoms with Crippen molar-refractivity contribution in [1.82, 2.24) is 10.6 Å². The third-order valence-electron chi connectivity index (χ3n) is 4.01. The number of carbonyl (C=O) groups is 1. The summed E-state index contributed by atoms with van der Waals surface area (Å²) >= 11 is 0. The molecule has 1 aromatic carbocycles. The molecule has 1 fully saturated rings. The third-order valence-corrected chi connectivity index (χ3v) is 4.01. The van der Waals surface area contributed by atoms with Gasteiger partial charge in [-0.25, -0.2) is 0 Å². The maximum absolute atomic E-state index is 12.1. The summed E-state index contributed by atoms with van der Waals surface area (Å²) in [5, 5.41) is 6.42. The van der Waals surface area contributed by atoms with E-state index >= 15 is 0 Å². The molecule has 1 saturated heterocycles. The maximum atomic E-state index is 12.1. The summed E-state index contributed by atoms with van der Waals surface area (Å²) in [7, 11) is 0. The summed E-state index contributed by atoms with van der Waals surface area (Å²) in [4.78, 5) is 12.1. The smallest absolute Gasteiger partial charge is 0.264 e. The first kappa shape index (κ1) is 14.2. The molecule has 2 heterocycles. The van der Waals surface area contributed by atoms with Gasteiger partial charge in [0.1, 0.15) is 6.61 Å². The normalized spacial score (nSPS) is 24.4. The zero-order valence-corrected chi connectivity index (χ0v) is 12.1. The minimum absolute atomic E-state index is 0.0969. The van der Waals surface area contributed by atoms with E-state index in [-0.39, 0.29) is 12.5 Å². The number of para-hydroxylation sites is 2. The lowest BCUT2D eigenvalue weighted by molar-refractivity contribution is -0.130. The highest BCUT2D eigenvalue weighted by atomic mass is 16.6. The van der Waals surface area contributed by atoms with Gasteiger partial charge in [-0.15, -0.1) is 0 Å². The van der Waals surface area contributed by atoms with Gasteiger partial charge in [0.15, 0.2) is 11.5 Å². The maximum Gasteiger partial charge on any atom is 0.264 e. The Balaban J connectivity index is 1.44. The van der Waals surface area contributed by atoms with Crippen LogP contribution in [0.3, 0.4) is 0 Å². The summed E-state index contributed by atoms with van der Waals surface area (Å²) in [5.41, 5.74) is 0. The van der Waals surface area contributed by atoms with E-state index in [4.69, 9.17) is 9.47 Å². The predicted octanol–water partition coefficient (Wildman–Crippen LogP) is 1.47. The lowest BCUT2D eigenvalue weighted by atomic mass is 10.0. The zero-order chi connectivity index (χ0) is 14.5. The van der Waals surface area contributed by atoms with Crippen LogP contribution >= 0.6 is 0 Å². The molecule has 2 unspecified atom stereocenters. The number of benzene rings is 1. The van der Waals surface area contributed by atoms with Crippen LogP contribution in [0, 0.1) is 0 Å². The van der Waals surface area contributed by atoms with Gasteiger partial charge in [-0.3, -0.25) is 4.79 Å². The molecule has 114 valence electrons.